The molecule has 2 nitrogen and oxygen atoms in total. The number of thiophene rings is 1. The third-order valence-corrected chi connectivity index (χ3v) is 3.66. The Morgan fingerprint density at radius 3 is 2.53 bits per heavy atom. The Labute approximate surface area is 105 Å². The van der Waals surface area contributed by atoms with E-state index in [1.807, 2.05) is 48.7 Å². The van der Waals surface area contributed by atoms with Crippen LogP contribution in [0.15, 0.2) is 41.8 Å². The summed E-state index contributed by atoms with van der Waals surface area (Å²) < 4.78 is 0. The molecule has 0 fully saturated rings. The van der Waals surface area contributed by atoms with Gasteiger partial charge >= 0.3 is 5.97 Å². The molecule has 1 atom stereocenters. The minimum Gasteiger partial charge on any atom is -0.481 e. The molecular weight excluding hydrogens is 232 g/mol. The predicted octanol–water partition coefficient (Wildman–Crippen LogP) is 3.47. The summed E-state index contributed by atoms with van der Waals surface area (Å²) >= 11 is 1.60. The molecule has 0 aliphatic carbocycles. The maximum absolute atomic E-state index is 11.3. The quantitative estimate of drug-likeness (QED) is 0.897. The number of aryl methyl sites for hydroxylation is 1. The first-order valence-electron chi connectivity index (χ1n) is 5.48. The van der Waals surface area contributed by atoms with Crippen LogP contribution in [0.1, 0.15) is 21.9 Å². The Hall–Kier alpha value is -1.61. The van der Waals surface area contributed by atoms with Crippen molar-refractivity contribution in [1.29, 1.82) is 0 Å². The summed E-state index contributed by atoms with van der Waals surface area (Å²) in [6.45, 7) is 2.00. The lowest BCUT2D eigenvalue weighted by molar-refractivity contribution is -0.138. The second-order valence-electron chi connectivity index (χ2n) is 4.08. The van der Waals surface area contributed by atoms with Gasteiger partial charge in [-0.2, -0.15) is 0 Å². The highest BCUT2D eigenvalue weighted by molar-refractivity contribution is 7.09. The fourth-order valence-electron chi connectivity index (χ4n) is 1.78. The molecule has 2 rings (SSSR count). The van der Waals surface area contributed by atoms with Crippen molar-refractivity contribution in [3.63, 3.8) is 0 Å². The Morgan fingerprint density at radius 1 is 1.29 bits per heavy atom. The van der Waals surface area contributed by atoms with Gasteiger partial charge in [-0.3, -0.25) is 4.79 Å². The Balaban J connectivity index is 2.23. The fourth-order valence-corrected chi connectivity index (χ4v) is 2.53. The van der Waals surface area contributed by atoms with Crippen LogP contribution in [-0.2, 0) is 11.2 Å². The summed E-state index contributed by atoms with van der Waals surface area (Å²) in [6.07, 6.45) is 0.566. The molecule has 1 heterocycles. The normalized spacial score (nSPS) is 12.3. The Morgan fingerprint density at radius 2 is 2.00 bits per heavy atom. The molecule has 0 saturated carbocycles. The molecule has 0 aliphatic rings. The van der Waals surface area contributed by atoms with Gasteiger partial charge in [0, 0.05) is 4.88 Å². The van der Waals surface area contributed by atoms with Gasteiger partial charge in [-0.25, -0.2) is 0 Å². The van der Waals surface area contributed by atoms with Crippen molar-refractivity contribution in [1.82, 2.24) is 0 Å². The summed E-state index contributed by atoms with van der Waals surface area (Å²) in [6, 6.07) is 11.7. The summed E-state index contributed by atoms with van der Waals surface area (Å²) in [5, 5.41) is 11.3. The molecule has 0 aliphatic heterocycles. The maximum Gasteiger partial charge on any atom is 0.311 e. The number of carboxylic acids is 1. The standard InChI is InChI=1S/C14H14O2S/c1-10-4-6-11(7-5-10)13(14(15)16)9-12-3-2-8-17-12/h2-8,13H,9H2,1H3,(H,15,16)/t13-/m0/s1. The van der Waals surface area contributed by atoms with Crippen molar-refractivity contribution < 1.29 is 9.90 Å². The zero-order valence-corrected chi connectivity index (χ0v) is 10.4. The van der Waals surface area contributed by atoms with Crippen LogP contribution in [0.3, 0.4) is 0 Å². The smallest absolute Gasteiger partial charge is 0.311 e. The first-order chi connectivity index (χ1) is 8.16. The van der Waals surface area contributed by atoms with Crippen LogP contribution in [0.5, 0.6) is 0 Å². The maximum atomic E-state index is 11.3. The largest absolute Gasteiger partial charge is 0.481 e. The Bertz CT molecular complexity index is 485. The average Bonchev–Trinajstić information content (AvgIpc) is 2.80. The van der Waals surface area contributed by atoms with Crippen LogP contribution < -0.4 is 0 Å². The van der Waals surface area contributed by atoms with E-state index >= 15 is 0 Å². The van der Waals surface area contributed by atoms with Crippen LogP contribution in [0.4, 0.5) is 0 Å². The zero-order valence-electron chi connectivity index (χ0n) is 9.59. The number of rotatable bonds is 4. The van der Waals surface area contributed by atoms with Crippen LogP contribution >= 0.6 is 11.3 Å². The van der Waals surface area contributed by atoms with Crippen molar-refractivity contribution >= 4 is 17.3 Å². The molecule has 17 heavy (non-hydrogen) atoms. The molecule has 2 aromatic rings. The third-order valence-electron chi connectivity index (χ3n) is 2.76. The van der Waals surface area contributed by atoms with E-state index in [2.05, 4.69) is 0 Å². The summed E-state index contributed by atoms with van der Waals surface area (Å²) in [4.78, 5) is 12.4. The number of carboxylic acid groups (broad SMARTS) is 1. The predicted molar refractivity (Wildman–Crippen MR) is 69.6 cm³/mol. The van der Waals surface area contributed by atoms with Gasteiger partial charge in [0.15, 0.2) is 0 Å². The average molecular weight is 246 g/mol. The first kappa shape index (κ1) is 11.9. The fraction of sp³-hybridized carbons (Fsp3) is 0.214. The van der Waals surface area contributed by atoms with E-state index in [-0.39, 0.29) is 0 Å². The number of benzene rings is 1. The highest BCUT2D eigenvalue weighted by atomic mass is 32.1. The molecule has 0 bridgehead atoms. The lowest BCUT2D eigenvalue weighted by Crippen LogP contribution is -2.13. The highest BCUT2D eigenvalue weighted by Crippen LogP contribution is 2.24. The first-order valence-corrected chi connectivity index (χ1v) is 6.36. The molecule has 3 heteroatoms. The van der Waals surface area contributed by atoms with E-state index in [1.165, 1.54) is 0 Å². The highest BCUT2D eigenvalue weighted by Gasteiger charge is 2.20. The van der Waals surface area contributed by atoms with Gasteiger partial charge in [-0.15, -0.1) is 11.3 Å². The molecule has 0 radical (unpaired) electrons. The molecule has 88 valence electrons. The van der Waals surface area contributed by atoms with Gasteiger partial charge < -0.3 is 5.11 Å². The number of hydrogen-bond donors (Lipinski definition) is 1. The van der Waals surface area contributed by atoms with Crippen LogP contribution in [-0.4, -0.2) is 11.1 Å². The second-order valence-corrected chi connectivity index (χ2v) is 5.12. The van der Waals surface area contributed by atoms with E-state index in [0.717, 1.165) is 16.0 Å². The summed E-state index contributed by atoms with van der Waals surface area (Å²) in [7, 11) is 0. The summed E-state index contributed by atoms with van der Waals surface area (Å²) in [5.41, 5.74) is 2.02. The third kappa shape index (κ3) is 2.94. The number of aliphatic carboxylic acids is 1. The van der Waals surface area contributed by atoms with Gasteiger partial charge in [0.25, 0.3) is 0 Å². The lowest BCUT2D eigenvalue weighted by Gasteiger charge is -2.11. The van der Waals surface area contributed by atoms with Gasteiger partial charge in [0.1, 0.15) is 0 Å². The van der Waals surface area contributed by atoms with Crippen molar-refractivity contribution in [2.45, 2.75) is 19.3 Å². The minimum absolute atomic E-state index is 0.450. The van der Waals surface area contributed by atoms with Crippen molar-refractivity contribution in [3.05, 3.63) is 57.8 Å². The van der Waals surface area contributed by atoms with Crippen LogP contribution in [0, 0.1) is 6.92 Å². The Kier molecular flexibility index (Phi) is 3.59. The topological polar surface area (TPSA) is 37.3 Å². The molecule has 0 saturated heterocycles. The SMILES string of the molecule is Cc1ccc([C@H](Cc2cccs2)C(=O)O)cc1. The van der Waals surface area contributed by atoms with Crippen LogP contribution in [0.25, 0.3) is 0 Å². The number of hydrogen-bond acceptors (Lipinski definition) is 2. The lowest BCUT2D eigenvalue weighted by atomic mass is 9.94. The van der Waals surface area contributed by atoms with Crippen molar-refractivity contribution in [2.75, 3.05) is 0 Å². The van der Waals surface area contributed by atoms with E-state index in [9.17, 15) is 9.90 Å². The number of carbonyl (C=O) groups is 1. The van der Waals surface area contributed by atoms with E-state index in [4.69, 9.17) is 0 Å². The van der Waals surface area contributed by atoms with E-state index in [1.54, 1.807) is 11.3 Å². The van der Waals surface area contributed by atoms with Crippen molar-refractivity contribution in [3.8, 4) is 0 Å². The van der Waals surface area contributed by atoms with Crippen molar-refractivity contribution in [2.24, 2.45) is 0 Å². The van der Waals surface area contributed by atoms with E-state index in [0.29, 0.717) is 6.42 Å². The molecular formula is C14H14O2S. The molecule has 0 spiro atoms. The van der Waals surface area contributed by atoms with Crippen LogP contribution in [0.2, 0.25) is 0 Å². The van der Waals surface area contributed by atoms with Gasteiger partial charge in [0.2, 0.25) is 0 Å². The van der Waals surface area contributed by atoms with E-state index < -0.39 is 11.9 Å². The molecule has 1 aromatic carbocycles. The molecule has 1 aromatic heterocycles. The minimum atomic E-state index is -0.762. The molecule has 0 unspecified atom stereocenters. The molecule has 0 amide bonds. The monoisotopic (exact) mass is 246 g/mol. The second kappa shape index (κ2) is 5.15. The van der Waals surface area contributed by atoms with Gasteiger partial charge in [-0.1, -0.05) is 35.9 Å². The molecule has 1 N–H and O–H groups in total. The summed E-state index contributed by atoms with van der Waals surface area (Å²) in [5.74, 6) is -1.21. The van der Waals surface area contributed by atoms with Gasteiger partial charge in [0.05, 0.1) is 5.92 Å². The zero-order chi connectivity index (χ0) is 12.3. The van der Waals surface area contributed by atoms with Gasteiger partial charge in [-0.05, 0) is 30.4 Å².